The molecule has 0 bridgehead atoms. The van der Waals surface area contributed by atoms with Crippen molar-refractivity contribution in [2.75, 3.05) is 6.54 Å². The van der Waals surface area contributed by atoms with Crippen LogP contribution in [-0.4, -0.2) is 28.1 Å². The SMILES string of the molecule is CCCC(C)(NCCc1cccnc1)C(=O)O. The summed E-state index contributed by atoms with van der Waals surface area (Å²) in [5.41, 5.74) is 0.293. The molecule has 1 atom stereocenters. The predicted molar refractivity (Wildman–Crippen MR) is 66.9 cm³/mol. The Labute approximate surface area is 102 Å². The van der Waals surface area contributed by atoms with Crippen molar-refractivity contribution in [1.82, 2.24) is 10.3 Å². The third-order valence-electron chi connectivity index (χ3n) is 2.87. The minimum atomic E-state index is -0.822. The van der Waals surface area contributed by atoms with Gasteiger partial charge in [0.1, 0.15) is 5.54 Å². The van der Waals surface area contributed by atoms with E-state index in [-0.39, 0.29) is 0 Å². The van der Waals surface area contributed by atoms with Crippen LogP contribution in [0, 0.1) is 0 Å². The lowest BCUT2D eigenvalue weighted by Gasteiger charge is -2.25. The molecule has 0 aromatic carbocycles. The summed E-state index contributed by atoms with van der Waals surface area (Å²) in [6, 6.07) is 3.88. The molecule has 0 spiro atoms. The highest BCUT2D eigenvalue weighted by molar-refractivity contribution is 5.78. The van der Waals surface area contributed by atoms with Crippen LogP contribution in [0.25, 0.3) is 0 Å². The first-order chi connectivity index (χ1) is 8.08. The first-order valence-electron chi connectivity index (χ1n) is 5.96. The zero-order valence-corrected chi connectivity index (χ0v) is 10.4. The maximum absolute atomic E-state index is 11.2. The second-order valence-corrected chi connectivity index (χ2v) is 4.43. The normalized spacial score (nSPS) is 14.2. The summed E-state index contributed by atoms with van der Waals surface area (Å²) in [5.74, 6) is -0.787. The number of carbonyl (C=O) groups is 1. The summed E-state index contributed by atoms with van der Waals surface area (Å²) < 4.78 is 0. The number of hydrogen-bond donors (Lipinski definition) is 2. The molecular weight excluding hydrogens is 216 g/mol. The Morgan fingerprint density at radius 3 is 2.88 bits per heavy atom. The minimum Gasteiger partial charge on any atom is -0.480 e. The third-order valence-corrected chi connectivity index (χ3v) is 2.87. The van der Waals surface area contributed by atoms with Gasteiger partial charge in [0, 0.05) is 18.9 Å². The minimum absolute atomic E-state index is 0.634. The lowest BCUT2D eigenvalue weighted by molar-refractivity contribution is -0.144. The van der Waals surface area contributed by atoms with E-state index >= 15 is 0 Å². The molecule has 4 heteroatoms. The maximum Gasteiger partial charge on any atom is 0.323 e. The van der Waals surface area contributed by atoms with E-state index in [0.29, 0.717) is 13.0 Å². The lowest BCUT2D eigenvalue weighted by Crippen LogP contribution is -2.50. The van der Waals surface area contributed by atoms with Crippen LogP contribution in [0.15, 0.2) is 24.5 Å². The fourth-order valence-corrected chi connectivity index (χ4v) is 1.80. The Morgan fingerprint density at radius 2 is 2.35 bits per heavy atom. The van der Waals surface area contributed by atoms with E-state index in [1.807, 2.05) is 19.1 Å². The molecule has 0 amide bonds. The molecule has 0 saturated heterocycles. The maximum atomic E-state index is 11.2. The van der Waals surface area contributed by atoms with Crippen LogP contribution in [0.5, 0.6) is 0 Å². The van der Waals surface area contributed by atoms with Gasteiger partial charge in [0.05, 0.1) is 0 Å². The molecule has 1 heterocycles. The van der Waals surface area contributed by atoms with Gasteiger partial charge in [0.15, 0.2) is 0 Å². The number of aromatic nitrogens is 1. The number of nitrogens with zero attached hydrogens (tertiary/aromatic N) is 1. The second-order valence-electron chi connectivity index (χ2n) is 4.43. The number of aliphatic carboxylic acids is 1. The van der Waals surface area contributed by atoms with Gasteiger partial charge in [-0.1, -0.05) is 19.4 Å². The van der Waals surface area contributed by atoms with E-state index in [9.17, 15) is 9.90 Å². The lowest BCUT2D eigenvalue weighted by atomic mass is 9.96. The predicted octanol–water partition coefficient (Wildman–Crippen LogP) is 1.86. The Hall–Kier alpha value is -1.42. The van der Waals surface area contributed by atoms with E-state index in [0.717, 1.165) is 18.4 Å². The number of hydrogen-bond acceptors (Lipinski definition) is 3. The molecule has 1 aromatic rings. The molecule has 0 aliphatic rings. The number of rotatable bonds is 7. The Morgan fingerprint density at radius 1 is 1.59 bits per heavy atom. The van der Waals surface area contributed by atoms with Crippen LogP contribution in [-0.2, 0) is 11.2 Å². The Kier molecular flexibility index (Phi) is 5.10. The molecule has 4 nitrogen and oxygen atoms in total. The van der Waals surface area contributed by atoms with Crippen molar-refractivity contribution < 1.29 is 9.90 Å². The zero-order chi connectivity index (χ0) is 12.7. The molecule has 94 valence electrons. The summed E-state index contributed by atoms with van der Waals surface area (Å²) in [7, 11) is 0. The topological polar surface area (TPSA) is 62.2 Å². The summed E-state index contributed by atoms with van der Waals surface area (Å²) in [5, 5.41) is 12.3. The van der Waals surface area contributed by atoms with E-state index in [1.54, 1.807) is 19.3 Å². The van der Waals surface area contributed by atoms with Crippen LogP contribution in [0.2, 0.25) is 0 Å². The Balaban J connectivity index is 2.45. The monoisotopic (exact) mass is 236 g/mol. The fraction of sp³-hybridized carbons (Fsp3) is 0.538. The van der Waals surface area contributed by atoms with Gasteiger partial charge in [0.2, 0.25) is 0 Å². The van der Waals surface area contributed by atoms with E-state index in [4.69, 9.17) is 0 Å². The molecule has 0 saturated carbocycles. The van der Waals surface area contributed by atoms with Crippen molar-refractivity contribution in [2.24, 2.45) is 0 Å². The first kappa shape index (κ1) is 13.6. The summed E-state index contributed by atoms with van der Waals surface area (Å²) in [4.78, 5) is 15.2. The molecule has 1 unspecified atom stereocenters. The zero-order valence-electron chi connectivity index (χ0n) is 10.4. The smallest absolute Gasteiger partial charge is 0.323 e. The highest BCUT2D eigenvalue weighted by Crippen LogP contribution is 2.12. The van der Waals surface area contributed by atoms with Crippen molar-refractivity contribution in [2.45, 2.75) is 38.6 Å². The van der Waals surface area contributed by atoms with Gasteiger partial charge in [-0.3, -0.25) is 9.78 Å². The number of pyridine rings is 1. The highest BCUT2D eigenvalue weighted by Gasteiger charge is 2.30. The van der Waals surface area contributed by atoms with E-state index < -0.39 is 11.5 Å². The molecule has 0 fully saturated rings. The average molecular weight is 236 g/mol. The van der Waals surface area contributed by atoms with E-state index in [1.165, 1.54) is 0 Å². The van der Waals surface area contributed by atoms with Gasteiger partial charge < -0.3 is 10.4 Å². The fourth-order valence-electron chi connectivity index (χ4n) is 1.80. The third kappa shape index (κ3) is 4.15. The second kappa shape index (κ2) is 6.35. The van der Waals surface area contributed by atoms with Crippen LogP contribution >= 0.6 is 0 Å². The molecule has 0 radical (unpaired) electrons. The average Bonchev–Trinajstić information content (AvgIpc) is 2.30. The van der Waals surface area contributed by atoms with Crippen molar-refractivity contribution in [1.29, 1.82) is 0 Å². The highest BCUT2D eigenvalue weighted by atomic mass is 16.4. The molecule has 1 aromatic heterocycles. The quantitative estimate of drug-likeness (QED) is 0.758. The van der Waals surface area contributed by atoms with Crippen LogP contribution in [0.4, 0.5) is 0 Å². The van der Waals surface area contributed by atoms with Crippen molar-refractivity contribution in [3.8, 4) is 0 Å². The van der Waals surface area contributed by atoms with Crippen molar-refractivity contribution >= 4 is 5.97 Å². The van der Waals surface area contributed by atoms with Crippen LogP contribution < -0.4 is 5.32 Å². The largest absolute Gasteiger partial charge is 0.480 e. The molecule has 2 N–H and O–H groups in total. The van der Waals surface area contributed by atoms with Gasteiger partial charge in [-0.05, 0) is 31.4 Å². The standard InChI is InChI=1S/C13H20N2O2/c1-3-7-13(2,12(16)17)15-9-6-11-5-4-8-14-10-11/h4-5,8,10,15H,3,6-7,9H2,1-2H3,(H,16,17). The van der Waals surface area contributed by atoms with E-state index in [2.05, 4.69) is 10.3 Å². The number of nitrogens with one attached hydrogen (secondary N) is 1. The first-order valence-corrected chi connectivity index (χ1v) is 5.96. The van der Waals surface area contributed by atoms with Gasteiger partial charge in [-0.2, -0.15) is 0 Å². The van der Waals surface area contributed by atoms with Gasteiger partial charge >= 0.3 is 5.97 Å². The summed E-state index contributed by atoms with van der Waals surface area (Å²) >= 11 is 0. The molecular formula is C13H20N2O2. The van der Waals surface area contributed by atoms with Crippen molar-refractivity contribution in [3.63, 3.8) is 0 Å². The van der Waals surface area contributed by atoms with Gasteiger partial charge in [-0.25, -0.2) is 0 Å². The van der Waals surface area contributed by atoms with Crippen LogP contribution in [0.1, 0.15) is 32.3 Å². The molecule has 0 aliphatic carbocycles. The van der Waals surface area contributed by atoms with Gasteiger partial charge in [0.25, 0.3) is 0 Å². The molecule has 1 rings (SSSR count). The molecule has 17 heavy (non-hydrogen) atoms. The molecule has 0 aliphatic heterocycles. The van der Waals surface area contributed by atoms with Crippen LogP contribution in [0.3, 0.4) is 0 Å². The number of carboxylic acids is 1. The van der Waals surface area contributed by atoms with Crippen molar-refractivity contribution in [3.05, 3.63) is 30.1 Å². The summed E-state index contributed by atoms with van der Waals surface area (Å²) in [6.45, 7) is 4.38. The van der Waals surface area contributed by atoms with Gasteiger partial charge in [-0.15, -0.1) is 0 Å². The Bertz CT molecular complexity index is 354. The number of carboxylic acid groups (broad SMARTS) is 1. The summed E-state index contributed by atoms with van der Waals surface area (Å²) in [6.07, 6.45) is 5.81.